The number of rotatable bonds is 4. The first kappa shape index (κ1) is 13.9. The van der Waals surface area contributed by atoms with Crippen molar-refractivity contribution in [3.05, 3.63) is 0 Å². The van der Waals surface area contributed by atoms with E-state index in [1.54, 1.807) is 7.11 Å². The van der Waals surface area contributed by atoms with Crippen molar-refractivity contribution in [3.8, 4) is 0 Å². The van der Waals surface area contributed by atoms with E-state index in [-0.39, 0.29) is 0 Å². The topological polar surface area (TPSA) is 24.5 Å². The molecule has 3 unspecified atom stereocenters. The molecule has 1 heterocycles. The molecule has 1 aliphatic heterocycles. The summed E-state index contributed by atoms with van der Waals surface area (Å²) >= 11 is 0. The molecule has 3 heteroatoms. The summed E-state index contributed by atoms with van der Waals surface area (Å²) in [7, 11) is 1.79. The van der Waals surface area contributed by atoms with Crippen LogP contribution in [0.5, 0.6) is 0 Å². The molecule has 3 atom stereocenters. The molecule has 1 rings (SSSR count). The van der Waals surface area contributed by atoms with Crippen molar-refractivity contribution in [3.63, 3.8) is 0 Å². The Morgan fingerprint density at radius 1 is 1.44 bits per heavy atom. The van der Waals surface area contributed by atoms with E-state index in [4.69, 9.17) is 4.74 Å². The van der Waals surface area contributed by atoms with Gasteiger partial charge in [0.25, 0.3) is 0 Å². The summed E-state index contributed by atoms with van der Waals surface area (Å²) in [5.41, 5.74) is 0. The third-order valence-corrected chi connectivity index (χ3v) is 3.28. The number of ether oxygens (including phenoxy) is 1. The van der Waals surface area contributed by atoms with E-state index >= 15 is 0 Å². The second kappa shape index (κ2) is 7.25. The van der Waals surface area contributed by atoms with Gasteiger partial charge in [-0.3, -0.25) is 0 Å². The Balaban J connectivity index is 2.37. The molecule has 1 N–H and O–H groups in total. The van der Waals surface area contributed by atoms with Crippen LogP contribution in [0.25, 0.3) is 0 Å². The summed E-state index contributed by atoms with van der Waals surface area (Å²) in [6.07, 6.45) is 1.26. The van der Waals surface area contributed by atoms with Gasteiger partial charge in [0.05, 0.1) is 0 Å². The van der Waals surface area contributed by atoms with E-state index < -0.39 is 0 Å². The predicted octanol–water partition coefficient (Wildman–Crippen LogP) is 1.59. The molecule has 0 amide bonds. The monoisotopic (exact) mass is 228 g/mol. The lowest BCUT2D eigenvalue weighted by Gasteiger charge is -2.32. The van der Waals surface area contributed by atoms with Crippen LogP contribution >= 0.6 is 0 Å². The maximum atomic E-state index is 5.21. The van der Waals surface area contributed by atoms with Gasteiger partial charge < -0.3 is 15.0 Å². The van der Waals surface area contributed by atoms with Crippen LogP contribution in [0.2, 0.25) is 0 Å². The summed E-state index contributed by atoms with van der Waals surface area (Å²) in [6, 6.07) is 0.656. The highest BCUT2D eigenvalue weighted by Crippen LogP contribution is 2.09. The minimum absolute atomic E-state index is 0.639. The fraction of sp³-hybridized carbons (Fsp3) is 1.00. The van der Waals surface area contributed by atoms with Gasteiger partial charge in [-0.25, -0.2) is 0 Å². The summed E-state index contributed by atoms with van der Waals surface area (Å²) in [5.74, 6) is 1.39. The molecule has 3 nitrogen and oxygen atoms in total. The molecule has 96 valence electrons. The molecule has 0 aromatic carbocycles. The van der Waals surface area contributed by atoms with Crippen LogP contribution in [0.3, 0.4) is 0 Å². The number of nitrogens with one attached hydrogen (secondary N) is 1. The van der Waals surface area contributed by atoms with Gasteiger partial charge in [0.2, 0.25) is 0 Å². The van der Waals surface area contributed by atoms with E-state index in [0.717, 1.165) is 19.1 Å². The highest BCUT2D eigenvalue weighted by atomic mass is 16.5. The van der Waals surface area contributed by atoms with Crippen LogP contribution < -0.4 is 5.32 Å². The van der Waals surface area contributed by atoms with Crippen LogP contribution in [0.15, 0.2) is 0 Å². The molecule has 0 aromatic rings. The third kappa shape index (κ3) is 5.28. The van der Waals surface area contributed by atoms with Crippen molar-refractivity contribution < 1.29 is 4.74 Å². The normalized spacial score (nSPS) is 30.8. The lowest BCUT2D eigenvalue weighted by Crippen LogP contribution is -2.44. The van der Waals surface area contributed by atoms with Gasteiger partial charge in [0.15, 0.2) is 0 Å². The summed E-state index contributed by atoms with van der Waals surface area (Å²) in [5, 5.41) is 3.58. The van der Waals surface area contributed by atoms with Gasteiger partial charge >= 0.3 is 0 Å². The first-order chi connectivity index (χ1) is 7.61. The minimum atomic E-state index is 0.639. The molecule has 1 saturated heterocycles. The average Bonchev–Trinajstić information content (AvgIpc) is 2.21. The van der Waals surface area contributed by atoms with E-state index in [2.05, 4.69) is 31.0 Å². The van der Waals surface area contributed by atoms with Gasteiger partial charge in [0.1, 0.15) is 0 Å². The van der Waals surface area contributed by atoms with E-state index in [9.17, 15) is 0 Å². The number of hydrogen-bond acceptors (Lipinski definition) is 3. The van der Waals surface area contributed by atoms with Gasteiger partial charge in [0, 0.05) is 32.8 Å². The first-order valence-corrected chi connectivity index (χ1v) is 6.56. The van der Waals surface area contributed by atoms with Crippen molar-refractivity contribution >= 4 is 0 Å². The van der Waals surface area contributed by atoms with Gasteiger partial charge in [-0.05, 0) is 38.3 Å². The van der Waals surface area contributed by atoms with E-state index in [0.29, 0.717) is 12.0 Å². The number of hydrogen-bond donors (Lipinski definition) is 1. The Hall–Kier alpha value is -0.120. The molecule has 0 aliphatic carbocycles. The lowest BCUT2D eigenvalue weighted by atomic mass is 10.1. The summed E-state index contributed by atoms with van der Waals surface area (Å²) in [4.78, 5) is 2.60. The van der Waals surface area contributed by atoms with Gasteiger partial charge in [-0.15, -0.1) is 0 Å². The van der Waals surface area contributed by atoms with Crippen molar-refractivity contribution in [2.45, 2.75) is 33.2 Å². The zero-order valence-corrected chi connectivity index (χ0v) is 11.3. The van der Waals surface area contributed by atoms with Gasteiger partial charge in [-0.2, -0.15) is 0 Å². The fourth-order valence-corrected chi connectivity index (χ4v) is 2.42. The molecule has 16 heavy (non-hydrogen) atoms. The zero-order valence-electron chi connectivity index (χ0n) is 11.3. The number of nitrogens with zero attached hydrogens (tertiary/aromatic N) is 1. The Kier molecular flexibility index (Phi) is 6.32. The standard InChI is InChI=1S/C13H28N2O/c1-11-7-14-13(3)5-6-15(8-11)9-12(2)10-16-4/h11-14H,5-10H2,1-4H3. The minimum Gasteiger partial charge on any atom is -0.384 e. The van der Waals surface area contributed by atoms with Crippen LogP contribution in [-0.4, -0.2) is 50.8 Å². The molecule has 0 radical (unpaired) electrons. The molecule has 1 aliphatic rings. The molecule has 0 spiro atoms. The second-order valence-electron chi connectivity index (χ2n) is 5.52. The smallest absolute Gasteiger partial charge is 0.0500 e. The summed E-state index contributed by atoms with van der Waals surface area (Å²) in [6.45, 7) is 12.5. The molecule has 1 fully saturated rings. The summed E-state index contributed by atoms with van der Waals surface area (Å²) < 4.78 is 5.21. The maximum Gasteiger partial charge on any atom is 0.0500 e. The largest absolute Gasteiger partial charge is 0.384 e. The zero-order chi connectivity index (χ0) is 12.0. The Bertz CT molecular complexity index is 187. The first-order valence-electron chi connectivity index (χ1n) is 6.56. The second-order valence-corrected chi connectivity index (χ2v) is 5.52. The van der Waals surface area contributed by atoms with E-state index in [1.807, 2.05) is 0 Å². The average molecular weight is 228 g/mol. The molecule has 0 saturated carbocycles. The van der Waals surface area contributed by atoms with Crippen LogP contribution in [0.4, 0.5) is 0 Å². The Labute approximate surface area is 101 Å². The van der Waals surface area contributed by atoms with E-state index in [1.165, 1.54) is 26.1 Å². The van der Waals surface area contributed by atoms with Crippen LogP contribution in [0.1, 0.15) is 27.2 Å². The van der Waals surface area contributed by atoms with Crippen molar-refractivity contribution in [1.29, 1.82) is 0 Å². The van der Waals surface area contributed by atoms with Gasteiger partial charge in [-0.1, -0.05) is 13.8 Å². The highest BCUT2D eigenvalue weighted by Gasteiger charge is 2.17. The Morgan fingerprint density at radius 3 is 2.88 bits per heavy atom. The number of methoxy groups -OCH3 is 1. The molecule has 0 aromatic heterocycles. The lowest BCUT2D eigenvalue weighted by molar-refractivity contribution is 0.116. The Morgan fingerprint density at radius 2 is 2.19 bits per heavy atom. The third-order valence-electron chi connectivity index (χ3n) is 3.28. The molecule has 0 bridgehead atoms. The SMILES string of the molecule is COCC(C)CN1CCC(C)NCC(C)C1. The van der Waals surface area contributed by atoms with Crippen molar-refractivity contribution in [2.75, 3.05) is 39.9 Å². The van der Waals surface area contributed by atoms with Crippen molar-refractivity contribution in [1.82, 2.24) is 10.2 Å². The predicted molar refractivity (Wildman–Crippen MR) is 68.7 cm³/mol. The maximum absolute atomic E-state index is 5.21. The highest BCUT2D eigenvalue weighted by molar-refractivity contribution is 4.74. The molecular weight excluding hydrogens is 200 g/mol. The van der Waals surface area contributed by atoms with Crippen LogP contribution in [-0.2, 0) is 4.74 Å². The van der Waals surface area contributed by atoms with Crippen molar-refractivity contribution in [2.24, 2.45) is 11.8 Å². The quantitative estimate of drug-likeness (QED) is 0.791. The van der Waals surface area contributed by atoms with Crippen LogP contribution in [0, 0.1) is 11.8 Å². The fourth-order valence-electron chi connectivity index (χ4n) is 2.42. The molecular formula is C13H28N2O.